The van der Waals surface area contributed by atoms with Crippen molar-refractivity contribution in [2.45, 2.75) is 52.0 Å². The molecule has 2 rings (SSSR count). The molecule has 94 valence electrons. The fourth-order valence-electron chi connectivity index (χ4n) is 2.53. The molecular formula is C14H21BrN2. The molecule has 0 radical (unpaired) electrons. The summed E-state index contributed by atoms with van der Waals surface area (Å²) < 4.78 is 0.912. The molecule has 1 aromatic rings. The van der Waals surface area contributed by atoms with E-state index in [1.54, 1.807) is 0 Å². The van der Waals surface area contributed by atoms with Crippen LogP contribution in [-0.2, 0) is 0 Å². The molecule has 1 aromatic heterocycles. The van der Waals surface area contributed by atoms with E-state index in [1.807, 2.05) is 6.07 Å². The van der Waals surface area contributed by atoms with Crippen LogP contribution in [0.5, 0.6) is 0 Å². The zero-order chi connectivity index (χ0) is 12.3. The van der Waals surface area contributed by atoms with Gasteiger partial charge in [0.25, 0.3) is 0 Å². The summed E-state index contributed by atoms with van der Waals surface area (Å²) in [6, 6.07) is 4.76. The lowest BCUT2D eigenvalue weighted by Crippen LogP contribution is -2.19. The second-order valence-corrected chi connectivity index (χ2v) is 6.03. The van der Waals surface area contributed by atoms with Crippen molar-refractivity contribution in [2.75, 3.05) is 5.32 Å². The van der Waals surface area contributed by atoms with Gasteiger partial charge in [0, 0.05) is 6.04 Å². The Morgan fingerprint density at radius 2 is 2.06 bits per heavy atom. The van der Waals surface area contributed by atoms with Crippen molar-refractivity contribution in [3.63, 3.8) is 0 Å². The van der Waals surface area contributed by atoms with Gasteiger partial charge in [0.1, 0.15) is 4.60 Å². The van der Waals surface area contributed by atoms with Gasteiger partial charge in [-0.25, -0.2) is 4.98 Å². The highest BCUT2D eigenvalue weighted by molar-refractivity contribution is 9.10. The summed E-state index contributed by atoms with van der Waals surface area (Å²) in [7, 11) is 0. The molecule has 2 unspecified atom stereocenters. The van der Waals surface area contributed by atoms with Crippen LogP contribution in [0.1, 0.15) is 44.7 Å². The summed E-state index contributed by atoms with van der Waals surface area (Å²) in [5, 5.41) is 3.65. The molecule has 0 aliphatic heterocycles. The van der Waals surface area contributed by atoms with E-state index in [4.69, 9.17) is 0 Å². The third kappa shape index (κ3) is 3.70. The summed E-state index contributed by atoms with van der Waals surface area (Å²) >= 11 is 3.40. The highest BCUT2D eigenvalue weighted by Crippen LogP contribution is 2.26. The highest BCUT2D eigenvalue weighted by Gasteiger charge is 2.16. The number of hydrogen-bond acceptors (Lipinski definition) is 2. The summed E-state index contributed by atoms with van der Waals surface area (Å²) in [4.78, 5) is 4.43. The topological polar surface area (TPSA) is 24.9 Å². The van der Waals surface area contributed by atoms with Gasteiger partial charge in [-0.2, -0.15) is 0 Å². The number of aryl methyl sites for hydroxylation is 1. The van der Waals surface area contributed by atoms with Crippen LogP contribution in [0.2, 0.25) is 0 Å². The maximum atomic E-state index is 4.43. The van der Waals surface area contributed by atoms with E-state index >= 15 is 0 Å². The molecule has 1 heterocycles. The number of anilines is 1. The Morgan fingerprint density at radius 1 is 1.24 bits per heavy atom. The Balaban J connectivity index is 2.00. The predicted molar refractivity (Wildman–Crippen MR) is 76.3 cm³/mol. The first-order chi connectivity index (χ1) is 8.15. The first-order valence-corrected chi connectivity index (χ1v) is 7.34. The second kappa shape index (κ2) is 5.85. The molecule has 1 aliphatic carbocycles. The van der Waals surface area contributed by atoms with Gasteiger partial charge >= 0.3 is 0 Å². The van der Waals surface area contributed by atoms with Gasteiger partial charge in [0.2, 0.25) is 0 Å². The number of rotatable bonds is 2. The standard InChI is InChI=1S/C14H21BrN2/c1-10-4-3-5-12(7-6-10)17-13-8-9-14(15)16-11(13)2/h8-10,12,17H,3-7H2,1-2H3. The van der Waals surface area contributed by atoms with Crippen molar-refractivity contribution < 1.29 is 0 Å². The molecular weight excluding hydrogens is 276 g/mol. The first-order valence-electron chi connectivity index (χ1n) is 6.55. The highest BCUT2D eigenvalue weighted by atomic mass is 79.9. The van der Waals surface area contributed by atoms with E-state index in [0.717, 1.165) is 16.2 Å². The fraction of sp³-hybridized carbons (Fsp3) is 0.643. The predicted octanol–water partition coefficient (Wildman–Crippen LogP) is 4.53. The molecule has 0 saturated heterocycles. The third-order valence-corrected chi connectivity index (χ3v) is 4.11. The third-order valence-electron chi connectivity index (χ3n) is 3.67. The zero-order valence-corrected chi connectivity index (χ0v) is 12.3. The van der Waals surface area contributed by atoms with Crippen molar-refractivity contribution in [2.24, 2.45) is 5.92 Å². The summed E-state index contributed by atoms with van der Waals surface area (Å²) in [6.07, 6.45) is 6.66. The smallest absolute Gasteiger partial charge is 0.106 e. The molecule has 2 nitrogen and oxygen atoms in total. The minimum absolute atomic E-state index is 0.627. The van der Waals surface area contributed by atoms with Gasteiger partial charge in [-0.3, -0.25) is 0 Å². The maximum absolute atomic E-state index is 4.43. The lowest BCUT2D eigenvalue weighted by Gasteiger charge is -2.19. The van der Waals surface area contributed by atoms with Crippen LogP contribution in [0, 0.1) is 12.8 Å². The normalized spacial score (nSPS) is 25.4. The van der Waals surface area contributed by atoms with Crippen LogP contribution in [0.25, 0.3) is 0 Å². The Hall–Kier alpha value is -0.570. The molecule has 2 atom stereocenters. The van der Waals surface area contributed by atoms with Crippen molar-refractivity contribution in [1.82, 2.24) is 4.98 Å². The van der Waals surface area contributed by atoms with Gasteiger partial charge in [-0.15, -0.1) is 0 Å². The fourth-order valence-corrected chi connectivity index (χ4v) is 2.93. The Morgan fingerprint density at radius 3 is 2.82 bits per heavy atom. The second-order valence-electron chi connectivity index (χ2n) is 5.22. The van der Waals surface area contributed by atoms with Crippen molar-refractivity contribution in [3.8, 4) is 0 Å². The number of pyridine rings is 1. The first kappa shape index (κ1) is 12.9. The van der Waals surface area contributed by atoms with Gasteiger partial charge < -0.3 is 5.32 Å². The van der Waals surface area contributed by atoms with Crippen LogP contribution < -0.4 is 5.32 Å². The zero-order valence-electron chi connectivity index (χ0n) is 10.7. The van der Waals surface area contributed by atoms with Crippen LogP contribution in [0.15, 0.2) is 16.7 Å². The van der Waals surface area contributed by atoms with Crippen molar-refractivity contribution >= 4 is 21.6 Å². The lowest BCUT2D eigenvalue weighted by atomic mass is 10.0. The maximum Gasteiger partial charge on any atom is 0.106 e. The molecule has 1 N–H and O–H groups in total. The van der Waals surface area contributed by atoms with Crippen molar-refractivity contribution in [3.05, 3.63) is 22.4 Å². The monoisotopic (exact) mass is 296 g/mol. The molecule has 3 heteroatoms. The van der Waals surface area contributed by atoms with Gasteiger partial charge in [0.05, 0.1) is 11.4 Å². The SMILES string of the molecule is Cc1nc(Br)ccc1NC1CCCC(C)CC1. The van der Waals surface area contributed by atoms with Gasteiger partial charge in [-0.1, -0.05) is 19.8 Å². The lowest BCUT2D eigenvalue weighted by molar-refractivity contribution is 0.502. The number of halogens is 1. The minimum Gasteiger partial charge on any atom is -0.381 e. The number of nitrogens with one attached hydrogen (secondary N) is 1. The van der Waals surface area contributed by atoms with Gasteiger partial charge in [-0.05, 0) is 60.2 Å². The Bertz CT molecular complexity index is 378. The van der Waals surface area contributed by atoms with Gasteiger partial charge in [0.15, 0.2) is 0 Å². The molecule has 1 aliphatic rings. The number of hydrogen-bond donors (Lipinski definition) is 1. The molecule has 0 amide bonds. The van der Waals surface area contributed by atoms with Crippen LogP contribution in [-0.4, -0.2) is 11.0 Å². The Labute approximate surface area is 112 Å². The van der Waals surface area contributed by atoms with E-state index in [0.29, 0.717) is 6.04 Å². The Kier molecular flexibility index (Phi) is 4.43. The summed E-state index contributed by atoms with van der Waals surface area (Å²) in [5.41, 5.74) is 2.27. The van der Waals surface area contributed by atoms with E-state index in [9.17, 15) is 0 Å². The minimum atomic E-state index is 0.627. The molecule has 1 saturated carbocycles. The number of aromatic nitrogens is 1. The molecule has 1 fully saturated rings. The molecule has 0 aromatic carbocycles. The largest absolute Gasteiger partial charge is 0.381 e. The molecule has 0 bridgehead atoms. The summed E-state index contributed by atoms with van der Waals surface area (Å²) in [5.74, 6) is 0.894. The van der Waals surface area contributed by atoms with Crippen LogP contribution in [0.3, 0.4) is 0 Å². The van der Waals surface area contributed by atoms with Crippen molar-refractivity contribution in [1.29, 1.82) is 0 Å². The van der Waals surface area contributed by atoms with E-state index < -0.39 is 0 Å². The summed E-state index contributed by atoms with van der Waals surface area (Å²) in [6.45, 7) is 4.43. The quantitative estimate of drug-likeness (QED) is 0.640. The van der Waals surface area contributed by atoms with Crippen LogP contribution in [0.4, 0.5) is 5.69 Å². The van der Waals surface area contributed by atoms with E-state index in [1.165, 1.54) is 37.8 Å². The van der Waals surface area contributed by atoms with E-state index in [2.05, 4.69) is 46.1 Å². The number of nitrogens with zero attached hydrogens (tertiary/aromatic N) is 1. The van der Waals surface area contributed by atoms with Crippen LogP contribution >= 0.6 is 15.9 Å². The molecule has 17 heavy (non-hydrogen) atoms. The average Bonchev–Trinajstić information content (AvgIpc) is 2.48. The average molecular weight is 297 g/mol. The molecule has 0 spiro atoms. The van der Waals surface area contributed by atoms with E-state index in [-0.39, 0.29) is 0 Å².